The summed E-state index contributed by atoms with van der Waals surface area (Å²) in [4.78, 5) is 24.7. The summed E-state index contributed by atoms with van der Waals surface area (Å²) in [5, 5.41) is 7.69. The fraction of sp³-hybridized carbons (Fsp3) is 0.211. The van der Waals surface area contributed by atoms with Crippen molar-refractivity contribution in [1.82, 2.24) is 5.16 Å². The zero-order chi connectivity index (χ0) is 18.7. The van der Waals surface area contributed by atoms with Crippen LogP contribution in [0.1, 0.15) is 23.0 Å². The van der Waals surface area contributed by atoms with Crippen molar-refractivity contribution in [3.63, 3.8) is 0 Å². The molecule has 1 amide bonds. The van der Waals surface area contributed by atoms with Gasteiger partial charge in [-0.15, -0.1) is 0 Å². The molecule has 0 fully saturated rings. The van der Waals surface area contributed by atoms with E-state index in [4.69, 9.17) is 14.0 Å². The quantitative estimate of drug-likeness (QED) is 0.707. The summed E-state index contributed by atoms with van der Waals surface area (Å²) < 4.78 is 15.5. The number of benzene rings is 2. The fourth-order valence-corrected chi connectivity index (χ4v) is 2.56. The van der Waals surface area contributed by atoms with Gasteiger partial charge in [-0.05, 0) is 31.4 Å². The standard InChI is InChI=1S/C19H18N2O5/c1-11-10-17(21-26-11)20-18(22)12(2)25-19(23)15-8-9-16(24-3)14-7-5-4-6-13(14)15/h4-10,12H,1-3H3,(H,20,21,22). The Balaban J connectivity index is 1.77. The summed E-state index contributed by atoms with van der Waals surface area (Å²) in [5.74, 6) is 0.400. The van der Waals surface area contributed by atoms with Gasteiger partial charge in [0.2, 0.25) is 0 Å². The summed E-state index contributed by atoms with van der Waals surface area (Å²) in [5.41, 5.74) is 0.360. The lowest BCUT2D eigenvalue weighted by atomic mass is 10.0. The van der Waals surface area contributed by atoms with Gasteiger partial charge in [0, 0.05) is 11.5 Å². The van der Waals surface area contributed by atoms with Crippen molar-refractivity contribution in [2.24, 2.45) is 0 Å². The van der Waals surface area contributed by atoms with Crippen molar-refractivity contribution in [3.05, 3.63) is 53.8 Å². The van der Waals surface area contributed by atoms with E-state index in [-0.39, 0.29) is 5.82 Å². The number of aromatic nitrogens is 1. The van der Waals surface area contributed by atoms with E-state index in [1.54, 1.807) is 38.3 Å². The van der Waals surface area contributed by atoms with E-state index in [2.05, 4.69) is 10.5 Å². The normalized spacial score (nSPS) is 11.8. The van der Waals surface area contributed by atoms with Gasteiger partial charge in [0.25, 0.3) is 5.91 Å². The Hall–Kier alpha value is -3.35. The average molecular weight is 354 g/mol. The first kappa shape index (κ1) is 17.5. The zero-order valence-electron chi connectivity index (χ0n) is 14.6. The molecule has 0 bridgehead atoms. The van der Waals surface area contributed by atoms with Crippen molar-refractivity contribution < 1.29 is 23.6 Å². The van der Waals surface area contributed by atoms with Crippen LogP contribution in [0.3, 0.4) is 0 Å². The molecule has 3 aromatic rings. The minimum absolute atomic E-state index is 0.269. The van der Waals surface area contributed by atoms with E-state index in [1.807, 2.05) is 18.2 Å². The molecule has 0 aliphatic rings. The van der Waals surface area contributed by atoms with Gasteiger partial charge in [0.1, 0.15) is 11.5 Å². The van der Waals surface area contributed by atoms with Gasteiger partial charge in [-0.2, -0.15) is 0 Å². The van der Waals surface area contributed by atoms with E-state index < -0.39 is 18.0 Å². The zero-order valence-corrected chi connectivity index (χ0v) is 14.6. The average Bonchev–Trinajstić information content (AvgIpc) is 3.05. The maximum Gasteiger partial charge on any atom is 0.339 e. The molecule has 1 unspecified atom stereocenters. The van der Waals surface area contributed by atoms with Gasteiger partial charge in [0.05, 0.1) is 12.7 Å². The van der Waals surface area contributed by atoms with Crippen LogP contribution in [0.25, 0.3) is 10.8 Å². The third-order valence-corrected chi connectivity index (χ3v) is 3.86. The second kappa shape index (κ2) is 7.26. The molecule has 1 atom stereocenters. The molecule has 3 rings (SSSR count). The summed E-state index contributed by atoms with van der Waals surface area (Å²) in [6.45, 7) is 3.20. The van der Waals surface area contributed by atoms with Gasteiger partial charge in [-0.3, -0.25) is 4.79 Å². The number of esters is 1. The number of hydrogen-bond acceptors (Lipinski definition) is 6. The third-order valence-electron chi connectivity index (χ3n) is 3.86. The summed E-state index contributed by atoms with van der Waals surface area (Å²) in [6, 6.07) is 12.2. The van der Waals surface area contributed by atoms with E-state index in [9.17, 15) is 9.59 Å². The molecule has 0 radical (unpaired) electrons. The number of methoxy groups -OCH3 is 1. The molecule has 7 nitrogen and oxygen atoms in total. The number of carbonyl (C=O) groups excluding carboxylic acids is 2. The largest absolute Gasteiger partial charge is 0.496 e. The second-order valence-corrected chi connectivity index (χ2v) is 5.72. The minimum atomic E-state index is -1.000. The Kier molecular flexibility index (Phi) is 4.88. The van der Waals surface area contributed by atoms with Crippen LogP contribution in [0.15, 0.2) is 47.0 Å². The van der Waals surface area contributed by atoms with Crippen LogP contribution < -0.4 is 10.1 Å². The topological polar surface area (TPSA) is 90.7 Å². The lowest BCUT2D eigenvalue weighted by Gasteiger charge is -2.14. The van der Waals surface area contributed by atoms with E-state index in [1.165, 1.54) is 6.92 Å². The van der Waals surface area contributed by atoms with Gasteiger partial charge >= 0.3 is 5.97 Å². The molecule has 7 heteroatoms. The fourth-order valence-electron chi connectivity index (χ4n) is 2.56. The number of nitrogens with one attached hydrogen (secondary N) is 1. The maximum absolute atomic E-state index is 12.6. The summed E-state index contributed by atoms with van der Waals surface area (Å²) >= 11 is 0. The van der Waals surface area contributed by atoms with E-state index in [0.29, 0.717) is 22.5 Å². The highest BCUT2D eigenvalue weighted by Crippen LogP contribution is 2.28. The molecular formula is C19H18N2O5. The van der Waals surface area contributed by atoms with Crippen LogP contribution >= 0.6 is 0 Å². The molecule has 26 heavy (non-hydrogen) atoms. The van der Waals surface area contributed by atoms with Crippen LogP contribution in [0, 0.1) is 6.92 Å². The number of amides is 1. The van der Waals surface area contributed by atoms with Crippen LogP contribution in [0.4, 0.5) is 5.82 Å². The predicted octanol–water partition coefficient (Wildman–Crippen LogP) is 3.33. The van der Waals surface area contributed by atoms with Crippen molar-refractivity contribution in [2.75, 3.05) is 12.4 Å². The van der Waals surface area contributed by atoms with Gasteiger partial charge in [-0.1, -0.05) is 29.4 Å². The highest BCUT2D eigenvalue weighted by molar-refractivity contribution is 6.07. The molecule has 134 valence electrons. The Bertz CT molecular complexity index is 963. The monoisotopic (exact) mass is 354 g/mol. The molecule has 1 N–H and O–H groups in total. The molecular weight excluding hydrogens is 336 g/mol. The molecule has 1 heterocycles. The first-order valence-corrected chi connectivity index (χ1v) is 8.00. The van der Waals surface area contributed by atoms with Crippen LogP contribution in [0.2, 0.25) is 0 Å². The van der Waals surface area contributed by atoms with Crippen LogP contribution in [0.5, 0.6) is 5.75 Å². The third kappa shape index (κ3) is 3.51. The number of aryl methyl sites for hydroxylation is 1. The first-order valence-electron chi connectivity index (χ1n) is 8.00. The molecule has 1 aromatic heterocycles. The minimum Gasteiger partial charge on any atom is -0.496 e. The van der Waals surface area contributed by atoms with Crippen molar-refractivity contribution >= 4 is 28.5 Å². The number of hydrogen-bond donors (Lipinski definition) is 1. The van der Waals surface area contributed by atoms with Gasteiger partial charge in [-0.25, -0.2) is 4.79 Å². The molecule has 0 saturated heterocycles. The highest BCUT2D eigenvalue weighted by atomic mass is 16.5. The molecule has 0 saturated carbocycles. The molecule has 0 aliphatic carbocycles. The van der Waals surface area contributed by atoms with E-state index >= 15 is 0 Å². The van der Waals surface area contributed by atoms with Crippen LogP contribution in [-0.4, -0.2) is 30.2 Å². The van der Waals surface area contributed by atoms with Crippen LogP contribution in [-0.2, 0) is 9.53 Å². The first-order chi connectivity index (χ1) is 12.5. The SMILES string of the molecule is COc1ccc(C(=O)OC(C)C(=O)Nc2cc(C)on2)c2ccccc12. The lowest BCUT2D eigenvalue weighted by Crippen LogP contribution is -2.30. The van der Waals surface area contributed by atoms with Crippen molar-refractivity contribution in [3.8, 4) is 5.75 Å². The Labute approximate surface area is 149 Å². The van der Waals surface area contributed by atoms with Crippen molar-refractivity contribution in [2.45, 2.75) is 20.0 Å². The van der Waals surface area contributed by atoms with Crippen molar-refractivity contribution in [1.29, 1.82) is 0 Å². The Morgan fingerprint density at radius 2 is 1.88 bits per heavy atom. The Morgan fingerprint density at radius 3 is 2.54 bits per heavy atom. The number of nitrogens with zero attached hydrogens (tertiary/aromatic N) is 1. The summed E-state index contributed by atoms with van der Waals surface area (Å²) in [6.07, 6.45) is -1.000. The number of ether oxygens (including phenoxy) is 2. The molecule has 0 spiro atoms. The van der Waals surface area contributed by atoms with Gasteiger partial charge < -0.3 is 19.3 Å². The Morgan fingerprint density at radius 1 is 1.15 bits per heavy atom. The number of fused-ring (bicyclic) bond motifs is 1. The lowest BCUT2D eigenvalue weighted by molar-refractivity contribution is -0.123. The maximum atomic E-state index is 12.6. The van der Waals surface area contributed by atoms with Gasteiger partial charge in [0.15, 0.2) is 11.9 Å². The second-order valence-electron chi connectivity index (χ2n) is 5.72. The number of carbonyl (C=O) groups is 2. The summed E-state index contributed by atoms with van der Waals surface area (Å²) in [7, 11) is 1.57. The smallest absolute Gasteiger partial charge is 0.339 e. The molecule has 0 aliphatic heterocycles. The highest BCUT2D eigenvalue weighted by Gasteiger charge is 2.22. The number of anilines is 1. The number of rotatable bonds is 5. The molecule has 2 aromatic carbocycles. The van der Waals surface area contributed by atoms with E-state index in [0.717, 1.165) is 5.39 Å². The predicted molar refractivity (Wildman–Crippen MR) is 95.2 cm³/mol.